The Hall–Kier alpha value is -2.86. The number of nitrogens with one attached hydrogen (secondary N) is 1. The van der Waals surface area contributed by atoms with Gasteiger partial charge in [0.05, 0.1) is 5.52 Å². The van der Waals surface area contributed by atoms with Gasteiger partial charge in [-0.2, -0.15) is 0 Å². The molecule has 0 fully saturated rings. The number of ketones is 1. The monoisotopic (exact) mass is 390 g/mol. The second-order valence-electron chi connectivity index (χ2n) is 7.01. The average Bonchev–Trinajstić information content (AvgIpc) is 2.93. The summed E-state index contributed by atoms with van der Waals surface area (Å²) >= 11 is 5.53. The van der Waals surface area contributed by atoms with Gasteiger partial charge in [-0.1, -0.05) is 18.6 Å². The first-order valence-corrected chi connectivity index (χ1v) is 9.98. The summed E-state index contributed by atoms with van der Waals surface area (Å²) in [7, 11) is 0. The first kappa shape index (κ1) is 18.5. The molecule has 1 aliphatic heterocycles. The predicted octanol–water partition coefficient (Wildman–Crippen LogP) is 4.26. The van der Waals surface area contributed by atoms with Crippen molar-refractivity contribution < 1.29 is 4.79 Å². The van der Waals surface area contributed by atoms with Crippen LogP contribution in [0.3, 0.4) is 0 Å². The Morgan fingerprint density at radius 3 is 2.68 bits per heavy atom. The van der Waals surface area contributed by atoms with Crippen molar-refractivity contribution in [2.75, 3.05) is 5.32 Å². The van der Waals surface area contributed by atoms with Crippen LogP contribution in [0.1, 0.15) is 42.4 Å². The second-order valence-corrected chi connectivity index (χ2v) is 7.39. The summed E-state index contributed by atoms with van der Waals surface area (Å²) in [6.45, 7) is 2.46. The number of hydrogen-bond donors (Lipinski definition) is 1. The van der Waals surface area contributed by atoms with Crippen molar-refractivity contribution in [1.82, 2.24) is 9.55 Å². The number of anilines is 1. The Labute approximate surface area is 169 Å². The van der Waals surface area contributed by atoms with Gasteiger partial charge in [0.25, 0.3) is 0 Å². The first-order valence-electron chi connectivity index (χ1n) is 9.57. The SMILES string of the molecule is CC(=O)c1ccc(NC(=S)/N=c2/c3ccccc3nc3n2CCCCC3)cc1. The summed E-state index contributed by atoms with van der Waals surface area (Å²) in [5.74, 6) is 1.12. The molecular weight excluding hydrogens is 368 g/mol. The average molecular weight is 391 g/mol. The molecule has 0 bridgehead atoms. The molecule has 3 aromatic rings. The van der Waals surface area contributed by atoms with Crippen LogP contribution in [0.2, 0.25) is 0 Å². The van der Waals surface area contributed by atoms with E-state index in [-0.39, 0.29) is 5.78 Å². The van der Waals surface area contributed by atoms with Crippen LogP contribution < -0.4 is 10.8 Å². The number of thiocarbonyl (C=S) groups is 1. The van der Waals surface area contributed by atoms with Crippen LogP contribution >= 0.6 is 12.2 Å². The van der Waals surface area contributed by atoms with Gasteiger partial charge < -0.3 is 9.88 Å². The third kappa shape index (κ3) is 3.87. The predicted molar refractivity (Wildman–Crippen MR) is 116 cm³/mol. The van der Waals surface area contributed by atoms with Crippen molar-refractivity contribution in [1.29, 1.82) is 0 Å². The van der Waals surface area contributed by atoms with E-state index < -0.39 is 0 Å². The van der Waals surface area contributed by atoms with Gasteiger partial charge in [-0.3, -0.25) is 4.79 Å². The highest BCUT2D eigenvalue weighted by atomic mass is 32.1. The minimum Gasteiger partial charge on any atom is -0.331 e. The van der Waals surface area contributed by atoms with Crippen molar-refractivity contribution in [2.45, 2.75) is 39.2 Å². The highest BCUT2D eigenvalue weighted by molar-refractivity contribution is 7.80. The van der Waals surface area contributed by atoms with Crippen molar-refractivity contribution in [3.05, 3.63) is 65.4 Å². The van der Waals surface area contributed by atoms with Gasteiger partial charge in [-0.15, -0.1) is 0 Å². The number of benzene rings is 2. The summed E-state index contributed by atoms with van der Waals surface area (Å²) in [4.78, 5) is 21.1. The van der Waals surface area contributed by atoms with Crippen LogP contribution in [0.4, 0.5) is 5.69 Å². The second kappa shape index (κ2) is 8.02. The molecule has 0 amide bonds. The fourth-order valence-corrected chi connectivity index (χ4v) is 3.74. The van der Waals surface area contributed by atoms with E-state index in [9.17, 15) is 4.79 Å². The number of carbonyl (C=O) groups excluding carboxylic acids is 1. The van der Waals surface area contributed by atoms with Crippen molar-refractivity contribution >= 4 is 39.7 Å². The number of aryl methyl sites for hydroxylation is 1. The first-order chi connectivity index (χ1) is 13.6. The van der Waals surface area contributed by atoms with Gasteiger partial charge >= 0.3 is 0 Å². The standard InChI is InChI=1S/C22H22N4OS/c1-15(27)16-10-12-17(13-11-16)23-22(28)25-21-18-7-4-5-8-19(18)24-20-9-3-2-6-14-26(20)21/h4-5,7-8,10-13H,2-3,6,9,14H2,1H3,(H,23,28)/b25-21-. The summed E-state index contributed by atoms with van der Waals surface area (Å²) < 4.78 is 2.21. The lowest BCUT2D eigenvalue weighted by atomic mass is 10.1. The number of aromatic nitrogens is 2. The van der Waals surface area contributed by atoms with E-state index in [1.165, 1.54) is 6.42 Å². The molecule has 2 aromatic carbocycles. The molecule has 0 radical (unpaired) electrons. The molecule has 2 heterocycles. The third-order valence-electron chi connectivity index (χ3n) is 4.99. The molecule has 0 saturated heterocycles. The van der Waals surface area contributed by atoms with E-state index in [1.807, 2.05) is 36.4 Å². The summed E-state index contributed by atoms with van der Waals surface area (Å²) in [5, 5.41) is 4.56. The maximum atomic E-state index is 11.4. The largest absolute Gasteiger partial charge is 0.331 e. The molecule has 0 aliphatic carbocycles. The molecule has 28 heavy (non-hydrogen) atoms. The Morgan fingerprint density at radius 1 is 1.11 bits per heavy atom. The van der Waals surface area contributed by atoms with E-state index in [0.29, 0.717) is 10.7 Å². The lowest BCUT2D eigenvalue weighted by Crippen LogP contribution is -2.28. The summed E-state index contributed by atoms with van der Waals surface area (Å²) in [6, 6.07) is 15.3. The highest BCUT2D eigenvalue weighted by Gasteiger charge is 2.13. The molecule has 1 N–H and O–H groups in total. The molecule has 0 unspecified atom stereocenters. The molecule has 5 nitrogen and oxygen atoms in total. The number of rotatable bonds is 2. The van der Waals surface area contributed by atoms with Crippen LogP contribution in [0, 0.1) is 0 Å². The number of hydrogen-bond acceptors (Lipinski definition) is 3. The van der Waals surface area contributed by atoms with Crippen LogP contribution in [0.5, 0.6) is 0 Å². The topological polar surface area (TPSA) is 59.3 Å². The zero-order valence-electron chi connectivity index (χ0n) is 15.8. The van der Waals surface area contributed by atoms with E-state index in [2.05, 4.69) is 9.88 Å². The van der Waals surface area contributed by atoms with E-state index >= 15 is 0 Å². The fourth-order valence-electron chi connectivity index (χ4n) is 3.54. The zero-order chi connectivity index (χ0) is 19.5. The highest BCUT2D eigenvalue weighted by Crippen LogP contribution is 2.15. The fraction of sp³-hybridized carbons (Fsp3) is 0.273. The van der Waals surface area contributed by atoms with Gasteiger partial charge in [0.15, 0.2) is 10.9 Å². The molecule has 0 saturated carbocycles. The zero-order valence-corrected chi connectivity index (χ0v) is 16.6. The maximum absolute atomic E-state index is 11.4. The van der Waals surface area contributed by atoms with E-state index in [0.717, 1.165) is 53.7 Å². The molecule has 1 aromatic heterocycles. The number of Topliss-reactive ketones (excluding diaryl/α,β-unsaturated/α-hetero) is 1. The van der Waals surface area contributed by atoms with Gasteiger partial charge in [0.2, 0.25) is 0 Å². The molecule has 142 valence electrons. The van der Waals surface area contributed by atoms with Gasteiger partial charge in [-0.05, 0) is 68.4 Å². The number of carbonyl (C=O) groups is 1. The quantitative estimate of drug-likeness (QED) is 0.525. The van der Waals surface area contributed by atoms with Crippen molar-refractivity contribution in [3.63, 3.8) is 0 Å². The van der Waals surface area contributed by atoms with E-state index in [1.54, 1.807) is 19.1 Å². The lowest BCUT2D eigenvalue weighted by Gasteiger charge is -2.13. The minimum absolute atomic E-state index is 0.0427. The van der Waals surface area contributed by atoms with Crippen LogP contribution in [0.25, 0.3) is 10.9 Å². The maximum Gasteiger partial charge on any atom is 0.199 e. The summed E-state index contributed by atoms with van der Waals surface area (Å²) in [5.41, 5.74) is 3.30. The molecule has 0 spiro atoms. The van der Waals surface area contributed by atoms with E-state index in [4.69, 9.17) is 22.2 Å². The van der Waals surface area contributed by atoms with Gasteiger partial charge in [-0.25, -0.2) is 9.98 Å². The Bertz CT molecular complexity index is 1120. The van der Waals surface area contributed by atoms with Crippen LogP contribution in [0.15, 0.2) is 53.5 Å². The summed E-state index contributed by atoms with van der Waals surface area (Å²) in [6.07, 6.45) is 4.42. The molecule has 6 heteroatoms. The van der Waals surface area contributed by atoms with Gasteiger partial charge in [0.1, 0.15) is 11.3 Å². The molecule has 4 rings (SSSR count). The molecule has 1 aliphatic rings. The Morgan fingerprint density at radius 2 is 1.89 bits per heavy atom. The smallest absolute Gasteiger partial charge is 0.199 e. The Kier molecular flexibility index (Phi) is 5.30. The third-order valence-corrected chi connectivity index (χ3v) is 5.19. The van der Waals surface area contributed by atoms with Crippen LogP contribution in [-0.4, -0.2) is 20.4 Å². The normalized spacial score (nSPS) is 14.4. The number of fused-ring (bicyclic) bond motifs is 2. The van der Waals surface area contributed by atoms with Crippen molar-refractivity contribution in [2.24, 2.45) is 4.99 Å². The van der Waals surface area contributed by atoms with Crippen molar-refractivity contribution in [3.8, 4) is 0 Å². The van der Waals surface area contributed by atoms with Gasteiger partial charge in [0, 0.05) is 29.6 Å². The lowest BCUT2D eigenvalue weighted by molar-refractivity contribution is 0.101. The Balaban J connectivity index is 1.74. The minimum atomic E-state index is 0.0427. The number of nitrogens with zero attached hydrogens (tertiary/aromatic N) is 3. The number of para-hydroxylation sites is 1. The molecular formula is C22H22N4OS. The molecule has 0 atom stereocenters. The van der Waals surface area contributed by atoms with Crippen LogP contribution in [-0.2, 0) is 13.0 Å².